The van der Waals surface area contributed by atoms with Crippen molar-refractivity contribution in [2.24, 2.45) is 39.7 Å². The third kappa shape index (κ3) is 7.80. The van der Waals surface area contributed by atoms with Gasteiger partial charge in [-0.1, -0.05) is 74.3 Å². The van der Waals surface area contributed by atoms with E-state index < -0.39 is 64.9 Å². The molecule has 0 aromatic carbocycles. The zero-order valence-electron chi connectivity index (χ0n) is 27.9. The van der Waals surface area contributed by atoms with Crippen LogP contribution in [0.15, 0.2) is 12.7 Å². The molecule has 44 heavy (non-hydrogen) atoms. The third-order valence-electron chi connectivity index (χ3n) is 9.68. The highest BCUT2D eigenvalue weighted by atomic mass is 16.3. The van der Waals surface area contributed by atoms with Gasteiger partial charge in [0.2, 0.25) is 17.6 Å². The molecule has 1 heterocycles. The number of likely N-dealkylation sites (tertiary alicyclic amines) is 1. The minimum atomic E-state index is -1.26. The summed E-state index contributed by atoms with van der Waals surface area (Å²) in [5.41, 5.74) is 3.88. The molecule has 2 unspecified atom stereocenters. The van der Waals surface area contributed by atoms with Crippen molar-refractivity contribution >= 4 is 29.5 Å². The van der Waals surface area contributed by atoms with Crippen LogP contribution in [0, 0.1) is 34.0 Å². The average Bonchev–Trinajstić information content (AvgIpc) is 3.75. The van der Waals surface area contributed by atoms with Crippen molar-refractivity contribution in [2.75, 3.05) is 20.1 Å². The summed E-state index contributed by atoms with van der Waals surface area (Å²) in [7, 11) is 1.64. The summed E-state index contributed by atoms with van der Waals surface area (Å²) in [5.74, 6) is -2.33. The van der Waals surface area contributed by atoms with Crippen LogP contribution in [0.2, 0.25) is 0 Å². The fourth-order valence-corrected chi connectivity index (χ4v) is 6.64. The number of carbonyl (C=O) groups is 5. The van der Waals surface area contributed by atoms with Crippen LogP contribution in [0.4, 0.5) is 4.79 Å². The highest BCUT2D eigenvalue weighted by Crippen LogP contribution is 2.65. The Morgan fingerprint density at radius 2 is 1.64 bits per heavy atom. The van der Waals surface area contributed by atoms with Gasteiger partial charge >= 0.3 is 6.03 Å². The topological polar surface area (TPSA) is 174 Å². The molecule has 1 saturated heterocycles. The molecule has 3 rings (SSSR count). The van der Waals surface area contributed by atoms with E-state index >= 15 is 0 Å². The van der Waals surface area contributed by atoms with Gasteiger partial charge in [-0.15, -0.1) is 6.58 Å². The number of likely N-dealkylation sites (N-methyl/N-ethyl adjacent to an activating group) is 1. The van der Waals surface area contributed by atoms with E-state index in [0.29, 0.717) is 19.5 Å². The number of aliphatic hydroxyl groups is 1. The molecule has 3 fully saturated rings. The molecular weight excluding hydrogens is 564 g/mol. The molecule has 6 N–H and O–H groups in total. The minimum absolute atomic E-state index is 0.0832. The third-order valence-corrected chi connectivity index (χ3v) is 9.68. The Bertz CT molecular complexity index is 1150. The first-order valence-electron chi connectivity index (χ1n) is 15.6. The van der Waals surface area contributed by atoms with Crippen LogP contribution in [0.25, 0.3) is 0 Å². The lowest BCUT2D eigenvalue weighted by atomic mass is 9.84. The zero-order valence-corrected chi connectivity index (χ0v) is 27.9. The number of urea groups is 1. The summed E-state index contributed by atoms with van der Waals surface area (Å²) < 4.78 is 0. The van der Waals surface area contributed by atoms with Gasteiger partial charge in [0, 0.05) is 20.1 Å². The van der Waals surface area contributed by atoms with Crippen LogP contribution in [-0.4, -0.2) is 95.0 Å². The fourth-order valence-electron chi connectivity index (χ4n) is 6.64. The Hall–Kier alpha value is -2.99. The van der Waals surface area contributed by atoms with Crippen molar-refractivity contribution in [2.45, 2.75) is 105 Å². The summed E-state index contributed by atoms with van der Waals surface area (Å²) in [5, 5.41) is 20.4. The van der Waals surface area contributed by atoms with E-state index in [-0.39, 0.29) is 29.1 Å². The molecule has 12 nitrogen and oxygen atoms in total. The maximum atomic E-state index is 13.8. The molecule has 7 atom stereocenters. The number of hydrogen-bond donors (Lipinski definition) is 5. The number of rotatable bonds is 13. The number of carbonyl (C=O) groups excluding carboxylic acids is 5. The Labute approximate surface area is 261 Å². The molecule has 3 aliphatic rings. The predicted octanol–water partition coefficient (Wildman–Crippen LogP) is 1.37. The van der Waals surface area contributed by atoms with Gasteiger partial charge in [0.15, 0.2) is 0 Å². The van der Waals surface area contributed by atoms with Crippen molar-refractivity contribution in [3.63, 3.8) is 0 Å². The number of nitrogens with two attached hydrogens (primary N) is 1. The molecule has 2 aliphatic carbocycles. The first-order chi connectivity index (χ1) is 20.1. The molecule has 0 spiro atoms. The van der Waals surface area contributed by atoms with Crippen molar-refractivity contribution < 1.29 is 29.1 Å². The molecule has 0 aromatic heterocycles. The van der Waals surface area contributed by atoms with E-state index in [0.717, 1.165) is 12.8 Å². The van der Waals surface area contributed by atoms with Crippen LogP contribution in [0.3, 0.4) is 0 Å². The summed E-state index contributed by atoms with van der Waals surface area (Å²) in [6.07, 6.45) is 2.55. The first kappa shape index (κ1) is 35.5. The van der Waals surface area contributed by atoms with E-state index in [1.807, 2.05) is 41.5 Å². The summed E-state index contributed by atoms with van der Waals surface area (Å²) in [6, 6.07) is -4.10. The SMILES string of the molecule is C=CCN(C)C(=O)[C@@H](NC(=O)N[C@H](C(O)N1C[C@H]2[C@@H]([C@H]1C(=O)NC(CC1CC1)C(=O)C(N)=O)C2(C)C)C(C)(C)C)C(C)(C)C. The number of nitrogens with zero attached hydrogens (tertiary/aromatic N) is 2. The monoisotopic (exact) mass is 618 g/mol. The number of primary amides is 1. The van der Waals surface area contributed by atoms with Crippen LogP contribution in [-0.2, 0) is 19.2 Å². The van der Waals surface area contributed by atoms with E-state index in [1.54, 1.807) is 18.0 Å². The Morgan fingerprint density at radius 1 is 1.05 bits per heavy atom. The van der Waals surface area contributed by atoms with Gasteiger partial charge in [0.05, 0.1) is 18.1 Å². The Balaban J connectivity index is 1.83. The molecule has 12 heteroatoms. The number of Topliss-reactive ketones (excluding diaryl/α,β-unsaturated/α-hetero) is 1. The van der Waals surface area contributed by atoms with Crippen LogP contribution < -0.4 is 21.7 Å². The highest BCUT2D eigenvalue weighted by molar-refractivity contribution is 6.37. The number of aliphatic hydroxyl groups excluding tert-OH is 1. The second kappa shape index (κ2) is 12.8. The predicted molar refractivity (Wildman–Crippen MR) is 167 cm³/mol. The van der Waals surface area contributed by atoms with Crippen molar-refractivity contribution in [3.05, 3.63) is 12.7 Å². The minimum Gasteiger partial charge on any atom is -0.376 e. The molecule has 0 radical (unpaired) electrons. The van der Waals surface area contributed by atoms with Crippen LogP contribution in [0.5, 0.6) is 0 Å². The second-order valence-electron chi connectivity index (χ2n) is 15.7. The second-order valence-corrected chi connectivity index (χ2v) is 15.7. The van der Waals surface area contributed by atoms with Gasteiger partial charge in [-0.2, -0.15) is 0 Å². The summed E-state index contributed by atoms with van der Waals surface area (Å²) in [4.78, 5) is 68.0. The average molecular weight is 619 g/mol. The van der Waals surface area contributed by atoms with E-state index in [9.17, 15) is 29.1 Å². The maximum Gasteiger partial charge on any atom is 0.315 e. The Kier molecular flexibility index (Phi) is 10.3. The summed E-state index contributed by atoms with van der Waals surface area (Å²) >= 11 is 0. The van der Waals surface area contributed by atoms with Gasteiger partial charge in [0.25, 0.3) is 5.91 Å². The molecule has 0 bridgehead atoms. The number of amides is 5. The number of hydrogen-bond acceptors (Lipinski definition) is 7. The largest absolute Gasteiger partial charge is 0.376 e. The number of piperidine rings is 1. The van der Waals surface area contributed by atoms with Gasteiger partial charge in [-0.05, 0) is 40.4 Å². The fraction of sp³-hybridized carbons (Fsp3) is 0.781. The van der Waals surface area contributed by atoms with E-state index in [1.165, 1.54) is 4.90 Å². The molecule has 0 aromatic rings. The van der Waals surface area contributed by atoms with E-state index in [2.05, 4.69) is 36.4 Å². The normalized spacial score (nSPS) is 25.5. The van der Waals surface area contributed by atoms with Gasteiger partial charge in [-0.25, -0.2) is 4.79 Å². The standard InChI is InChI=1S/C32H54N6O6/c1-11-14-37(10)27(42)23(30(2,3)4)35-29(44)36-24(31(5,6)7)28(43)38-16-18-20(32(18,8)9)21(38)26(41)34-19(15-17-12-13-17)22(39)25(33)40/h11,17-21,23-24,28,43H,1,12-16H2,2-10H3,(H2,33,40)(H,34,41)(H2,35,36,44)/t18-,19?,20-,21-,23+,24+,28?/m0/s1. The van der Waals surface area contributed by atoms with E-state index in [4.69, 9.17) is 5.73 Å². The highest BCUT2D eigenvalue weighted by Gasteiger charge is 2.69. The maximum absolute atomic E-state index is 13.8. The molecule has 1 aliphatic heterocycles. The van der Waals surface area contributed by atoms with Crippen LogP contribution >= 0.6 is 0 Å². The van der Waals surface area contributed by atoms with Crippen molar-refractivity contribution in [1.29, 1.82) is 0 Å². The quantitative estimate of drug-likeness (QED) is 0.153. The molecular formula is C32H54N6O6. The number of ketones is 1. The number of fused-ring (bicyclic) bond motifs is 1. The lowest BCUT2D eigenvalue weighted by Crippen LogP contribution is -2.64. The van der Waals surface area contributed by atoms with Crippen molar-refractivity contribution in [3.8, 4) is 0 Å². The zero-order chi connectivity index (χ0) is 33.5. The van der Waals surface area contributed by atoms with Crippen molar-refractivity contribution in [1.82, 2.24) is 25.8 Å². The first-order valence-corrected chi connectivity index (χ1v) is 15.6. The Morgan fingerprint density at radius 3 is 2.11 bits per heavy atom. The van der Waals surface area contributed by atoms with Crippen LogP contribution in [0.1, 0.15) is 74.7 Å². The molecule has 248 valence electrons. The molecule has 2 saturated carbocycles. The van der Waals surface area contributed by atoms with Gasteiger partial charge in [0.1, 0.15) is 12.3 Å². The lowest BCUT2D eigenvalue weighted by molar-refractivity contribution is -0.141. The molecule has 5 amide bonds. The smallest absolute Gasteiger partial charge is 0.315 e. The summed E-state index contributed by atoms with van der Waals surface area (Å²) in [6.45, 7) is 19.7. The van der Waals surface area contributed by atoms with Gasteiger partial charge in [-0.3, -0.25) is 24.1 Å². The lowest BCUT2D eigenvalue weighted by Gasteiger charge is -2.43. The number of nitrogens with one attached hydrogen (secondary N) is 3. The van der Waals surface area contributed by atoms with Gasteiger partial charge < -0.3 is 31.7 Å².